The second-order valence-electron chi connectivity index (χ2n) is 9.60. The Kier molecular flexibility index (Phi) is 8.06. The van der Waals surface area contributed by atoms with Gasteiger partial charge >= 0.3 is 0 Å². The van der Waals surface area contributed by atoms with Crippen molar-refractivity contribution in [2.45, 2.75) is 39.2 Å². The van der Waals surface area contributed by atoms with E-state index in [2.05, 4.69) is 10.3 Å². The van der Waals surface area contributed by atoms with Crippen LogP contribution in [0.5, 0.6) is 0 Å². The van der Waals surface area contributed by atoms with Crippen molar-refractivity contribution in [1.29, 1.82) is 0 Å². The third-order valence-electron chi connectivity index (χ3n) is 6.28. The van der Waals surface area contributed by atoms with Crippen LogP contribution in [0.15, 0.2) is 42.5 Å². The van der Waals surface area contributed by atoms with Crippen molar-refractivity contribution in [2.75, 3.05) is 39.0 Å². The van der Waals surface area contributed by atoms with E-state index < -0.39 is 0 Å². The summed E-state index contributed by atoms with van der Waals surface area (Å²) >= 11 is 6.65. The van der Waals surface area contributed by atoms with Crippen LogP contribution in [-0.2, 0) is 4.79 Å². The van der Waals surface area contributed by atoms with Gasteiger partial charge in [0.2, 0.25) is 11.9 Å². The minimum atomic E-state index is -0.260. The number of nitrogens with one attached hydrogen (secondary N) is 1. The van der Waals surface area contributed by atoms with Crippen molar-refractivity contribution in [2.24, 2.45) is 0 Å². The molecule has 0 bridgehead atoms. The molecule has 1 N–H and O–H groups in total. The second kappa shape index (κ2) is 11.2. The Morgan fingerprint density at radius 2 is 1.92 bits per heavy atom. The van der Waals surface area contributed by atoms with Gasteiger partial charge in [-0.1, -0.05) is 23.7 Å². The van der Waals surface area contributed by atoms with E-state index in [1.54, 1.807) is 18.2 Å². The number of anilines is 1. The number of rotatable bonds is 6. The number of carbonyl (C=O) groups excluding carboxylic acids is 2. The molecular formula is C27H33ClN6O2. The molecule has 4 rings (SSSR count). The third kappa shape index (κ3) is 5.94. The Balaban J connectivity index is 1.68. The van der Waals surface area contributed by atoms with Gasteiger partial charge in [0.05, 0.1) is 22.1 Å². The Bertz CT molecular complexity index is 1280. The minimum absolute atomic E-state index is 0.00686. The number of likely N-dealkylation sites (tertiary alicyclic amines) is 1. The van der Waals surface area contributed by atoms with Gasteiger partial charge in [-0.15, -0.1) is 0 Å². The molecule has 36 heavy (non-hydrogen) atoms. The SMILES string of the molecule is Cc1cc(C(=O)Nc2nc3cccc(Cl)c3n2[C@@H]2CCCCN(C(=O)/C=C/CN(C)C)C2)cc(C)n1. The van der Waals surface area contributed by atoms with Crippen LogP contribution in [-0.4, -0.2) is 69.9 Å². The zero-order valence-electron chi connectivity index (χ0n) is 21.3. The molecule has 0 unspecified atom stereocenters. The van der Waals surface area contributed by atoms with E-state index in [1.165, 1.54) is 0 Å². The number of nitrogens with zero attached hydrogens (tertiary/aromatic N) is 5. The lowest BCUT2D eigenvalue weighted by Gasteiger charge is -2.26. The summed E-state index contributed by atoms with van der Waals surface area (Å²) in [5.41, 5.74) is 3.54. The first-order valence-electron chi connectivity index (χ1n) is 12.3. The van der Waals surface area contributed by atoms with Gasteiger partial charge in [0, 0.05) is 42.7 Å². The molecule has 3 heterocycles. The molecule has 1 saturated heterocycles. The maximum Gasteiger partial charge on any atom is 0.258 e. The largest absolute Gasteiger partial charge is 0.337 e. The fraction of sp³-hybridized carbons (Fsp3) is 0.407. The standard InChI is InChI=1S/C27H33ClN6O2/c1-18-15-20(16-19(2)29-18)26(36)31-27-30-23-11-7-10-22(28)25(23)34(27)21-9-5-6-14-33(17-21)24(35)12-8-13-32(3)4/h7-8,10-12,15-16,21H,5-6,9,13-14,17H2,1-4H3,(H,30,31,36)/b12-8+/t21-/m1/s1. The maximum atomic E-state index is 13.2. The first kappa shape index (κ1) is 25.9. The molecule has 0 saturated carbocycles. The van der Waals surface area contributed by atoms with Crippen LogP contribution in [0.4, 0.5) is 5.95 Å². The minimum Gasteiger partial charge on any atom is -0.337 e. The molecule has 9 heteroatoms. The number of halogens is 1. The fourth-order valence-electron chi connectivity index (χ4n) is 4.69. The third-order valence-corrected chi connectivity index (χ3v) is 6.59. The van der Waals surface area contributed by atoms with Crippen molar-refractivity contribution in [3.8, 4) is 0 Å². The van der Waals surface area contributed by atoms with Crippen LogP contribution in [0, 0.1) is 13.8 Å². The highest BCUT2D eigenvalue weighted by Gasteiger charge is 2.27. The van der Waals surface area contributed by atoms with E-state index in [9.17, 15) is 9.59 Å². The molecular weight excluding hydrogens is 476 g/mol. The molecule has 0 aliphatic carbocycles. The Morgan fingerprint density at radius 3 is 2.64 bits per heavy atom. The average molecular weight is 509 g/mol. The van der Waals surface area contributed by atoms with E-state index in [0.717, 1.165) is 36.2 Å². The second-order valence-corrected chi connectivity index (χ2v) is 10.0. The monoisotopic (exact) mass is 508 g/mol. The molecule has 0 spiro atoms. The van der Waals surface area contributed by atoms with Gasteiger partial charge in [-0.2, -0.15) is 0 Å². The van der Waals surface area contributed by atoms with Gasteiger partial charge < -0.3 is 14.4 Å². The van der Waals surface area contributed by atoms with Gasteiger partial charge in [-0.25, -0.2) is 4.98 Å². The fourth-order valence-corrected chi connectivity index (χ4v) is 4.95. The highest BCUT2D eigenvalue weighted by Crippen LogP contribution is 2.34. The molecule has 1 fully saturated rings. The van der Waals surface area contributed by atoms with Crippen molar-refractivity contribution in [3.63, 3.8) is 0 Å². The molecule has 1 aromatic carbocycles. The number of pyridine rings is 1. The zero-order valence-corrected chi connectivity index (χ0v) is 22.0. The van der Waals surface area contributed by atoms with Crippen LogP contribution in [0.25, 0.3) is 11.0 Å². The molecule has 1 atom stereocenters. The number of aryl methyl sites for hydroxylation is 2. The zero-order chi connectivity index (χ0) is 25.8. The van der Waals surface area contributed by atoms with Gasteiger partial charge in [0.25, 0.3) is 5.91 Å². The number of hydrogen-bond donors (Lipinski definition) is 1. The van der Waals surface area contributed by atoms with Crippen LogP contribution in [0.3, 0.4) is 0 Å². The highest BCUT2D eigenvalue weighted by molar-refractivity contribution is 6.35. The normalized spacial score (nSPS) is 16.6. The molecule has 3 aromatic rings. The first-order chi connectivity index (χ1) is 17.2. The van der Waals surface area contributed by atoms with Crippen LogP contribution < -0.4 is 5.32 Å². The van der Waals surface area contributed by atoms with Crippen molar-refractivity contribution in [3.05, 3.63) is 64.5 Å². The van der Waals surface area contributed by atoms with Crippen molar-refractivity contribution >= 4 is 40.4 Å². The van der Waals surface area contributed by atoms with E-state index in [1.807, 2.05) is 66.6 Å². The van der Waals surface area contributed by atoms with Gasteiger partial charge in [-0.05, 0) is 71.5 Å². The number of para-hydroxylation sites is 1. The van der Waals surface area contributed by atoms with Gasteiger partial charge in [0.15, 0.2) is 0 Å². The summed E-state index contributed by atoms with van der Waals surface area (Å²) in [4.78, 5) is 39.2. The lowest BCUT2D eigenvalue weighted by molar-refractivity contribution is -0.126. The molecule has 1 aliphatic heterocycles. The van der Waals surface area contributed by atoms with Crippen LogP contribution in [0.2, 0.25) is 5.02 Å². The predicted octanol–water partition coefficient (Wildman–Crippen LogP) is 4.63. The van der Waals surface area contributed by atoms with Crippen LogP contribution in [0.1, 0.15) is 47.1 Å². The van der Waals surface area contributed by atoms with E-state index >= 15 is 0 Å². The van der Waals surface area contributed by atoms with Crippen molar-refractivity contribution < 1.29 is 9.59 Å². The lowest BCUT2D eigenvalue weighted by Crippen LogP contribution is -2.34. The number of hydrogen-bond acceptors (Lipinski definition) is 5. The number of aromatic nitrogens is 3. The number of amides is 2. The lowest BCUT2D eigenvalue weighted by atomic mass is 10.1. The van der Waals surface area contributed by atoms with E-state index in [-0.39, 0.29) is 17.9 Å². The average Bonchev–Trinajstić information content (AvgIpc) is 3.00. The van der Waals surface area contributed by atoms with Crippen LogP contribution >= 0.6 is 11.6 Å². The van der Waals surface area contributed by atoms with E-state index in [0.29, 0.717) is 41.7 Å². The molecule has 8 nitrogen and oxygen atoms in total. The number of carbonyl (C=O) groups is 2. The van der Waals surface area contributed by atoms with Gasteiger partial charge in [-0.3, -0.25) is 19.9 Å². The first-order valence-corrected chi connectivity index (χ1v) is 12.6. The molecule has 190 valence electrons. The summed E-state index contributed by atoms with van der Waals surface area (Å²) in [5, 5.41) is 3.57. The summed E-state index contributed by atoms with van der Waals surface area (Å²) in [6, 6.07) is 8.99. The Hall–Kier alpha value is -3.23. The predicted molar refractivity (Wildman–Crippen MR) is 144 cm³/mol. The summed E-state index contributed by atoms with van der Waals surface area (Å²) in [6.45, 7) is 5.64. The molecule has 0 radical (unpaired) electrons. The number of fused-ring (bicyclic) bond motifs is 1. The van der Waals surface area contributed by atoms with Gasteiger partial charge in [0.1, 0.15) is 0 Å². The van der Waals surface area contributed by atoms with E-state index in [4.69, 9.17) is 16.6 Å². The number of benzene rings is 1. The smallest absolute Gasteiger partial charge is 0.258 e. The molecule has 1 aliphatic rings. The highest BCUT2D eigenvalue weighted by atomic mass is 35.5. The topological polar surface area (TPSA) is 83.4 Å². The number of likely N-dealkylation sites (N-methyl/N-ethyl adjacent to an activating group) is 1. The maximum absolute atomic E-state index is 13.2. The number of imidazole rings is 1. The Labute approximate surface area is 217 Å². The summed E-state index contributed by atoms with van der Waals surface area (Å²) < 4.78 is 2.01. The molecule has 2 aromatic heterocycles. The summed E-state index contributed by atoms with van der Waals surface area (Å²) in [7, 11) is 3.93. The quantitative estimate of drug-likeness (QED) is 0.491. The van der Waals surface area contributed by atoms with Crippen molar-refractivity contribution in [1.82, 2.24) is 24.3 Å². The Morgan fingerprint density at radius 1 is 1.17 bits per heavy atom. The summed E-state index contributed by atoms with van der Waals surface area (Å²) in [6.07, 6.45) is 6.25. The molecule has 2 amide bonds. The summed E-state index contributed by atoms with van der Waals surface area (Å²) in [5.74, 6) is 0.162.